The van der Waals surface area contributed by atoms with Crippen LogP contribution in [0.4, 0.5) is 13.2 Å². The Morgan fingerprint density at radius 1 is 1.27 bits per heavy atom. The summed E-state index contributed by atoms with van der Waals surface area (Å²) in [7, 11) is 1.54. The van der Waals surface area contributed by atoms with E-state index in [1.807, 2.05) is 0 Å². The van der Waals surface area contributed by atoms with Gasteiger partial charge in [0, 0.05) is 23.7 Å². The predicted octanol–water partition coefficient (Wildman–Crippen LogP) is 2.67. The van der Waals surface area contributed by atoms with Gasteiger partial charge in [-0.2, -0.15) is 23.3 Å². The number of hydrogen-bond donors (Lipinski definition) is 1. The second-order valence-corrected chi connectivity index (χ2v) is 6.57. The largest absolute Gasteiger partial charge is 0.497 e. The Hall–Kier alpha value is -3.67. The number of hydrogen-bond acceptors (Lipinski definition) is 7. The first-order valence-electron chi connectivity index (χ1n) is 8.72. The Labute approximate surface area is 166 Å². The fraction of sp³-hybridized carbons (Fsp3) is 0.222. The van der Waals surface area contributed by atoms with Crippen LogP contribution in [0.15, 0.2) is 35.2 Å². The van der Waals surface area contributed by atoms with E-state index in [-0.39, 0.29) is 24.7 Å². The van der Waals surface area contributed by atoms with Crippen LogP contribution in [0.5, 0.6) is 5.75 Å². The van der Waals surface area contributed by atoms with Crippen molar-refractivity contribution in [1.82, 2.24) is 29.5 Å². The molecule has 0 saturated carbocycles. The third kappa shape index (κ3) is 2.76. The Morgan fingerprint density at radius 3 is 2.80 bits per heavy atom. The van der Waals surface area contributed by atoms with Crippen molar-refractivity contribution in [1.29, 1.82) is 0 Å². The summed E-state index contributed by atoms with van der Waals surface area (Å²) in [6.45, 7) is -0.322. The molecule has 12 heteroatoms. The van der Waals surface area contributed by atoms with Crippen molar-refractivity contribution in [3.8, 4) is 34.3 Å². The molecular formula is C18H13F3N6O3. The average Bonchev–Trinajstić information content (AvgIpc) is 3.44. The van der Waals surface area contributed by atoms with Crippen LogP contribution in [0.1, 0.15) is 17.1 Å². The number of aliphatic hydroxyl groups excluding tert-OH is 1. The maximum Gasteiger partial charge on any atom is 0.455 e. The molecule has 5 rings (SSSR count). The molecule has 30 heavy (non-hydrogen) atoms. The molecule has 1 aliphatic heterocycles. The lowest BCUT2D eigenvalue weighted by Crippen LogP contribution is -2.07. The van der Waals surface area contributed by atoms with E-state index in [2.05, 4.69) is 20.2 Å². The molecule has 3 aromatic heterocycles. The molecule has 0 fully saturated rings. The lowest BCUT2D eigenvalue weighted by Gasteiger charge is -2.11. The van der Waals surface area contributed by atoms with Gasteiger partial charge in [0.25, 0.3) is 11.7 Å². The fourth-order valence-electron chi connectivity index (χ4n) is 3.48. The van der Waals surface area contributed by atoms with Crippen LogP contribution in [-0.4, -0.2) is 41.7 Å². The highest BCUT2D eigenvalue weighted by Crippen LogP contribution is 2.39. The van der Waals surface area contributed by atoms with Gasteiger partial charge in [-0.1, -0.05) is 5.16 Å². The zero-order valence-corrected chi connectivity index (χ0v) is 15.4. The number of rotatable bonds is 3. The molecule has 0 amide bonds. The lowest BCUT2D eigenvalue weighted by atomic mass is 10.0. The van der Waals surface area contributed by atoms with Crippen molar-refractivity contribution in [2.24, 2.45) is 0 Å². The standard InChI is InChI=1S/C18H13F3N6O3/c1-29-10-2-3-12-11(5-10)14-9(6-26(8-28)24-14)4-13-15(22-7-27(12)13)16-23-17(25-30-16)18(19,20)21/h2-3,5-7,28H,4,8H2,1H3. The van der Waals surface area contributed by atoms with Crippen LogP contribution >= 0.6 is 0 Å². The van der Waals surface area contributed by atoms with Crippen molar-refractivity contribution in [3.05, 3.63) is 47.8 Å². The van der Waals surface area contributed by atoms with Gasteiger partial charge in [0.2, 0.25) is 0 Å². The average molecular weight is 418 g/mol. The van der Waals surface area contributed by atoms with E-state index >= 15 is 0 Å². The highest BCUT2D eigenvalue weighted by Gasteiger charge is 2.38. The monoisotopic (exact) mass is 418 g/mol. The molecule has 0 atom stereocenters. The van der Waals surface area contributed by atoms with Crippen LogP contribution < -0.4 is 4.74 Å². The van der Waals surface area contributed by atoms with Crippen LogP contribution in [-0.2, 0) is 19.3 Å². The van der Waals surface area contributed by atoms with Crippen molar-refractivity contribution < 1.29 is 27.5 Å². The van der Waals surface area contributed by atoms with E-state index in [0.717, 1.165) is 11.1 Å². The smallest absolute Gasteiger partial charge is 0.455 e. The summed E-state index contributed by atoms with van der Waals surface area (Å²) in [6, 6.07) is 5.35. The number of aromatic nitrogens is 6. The SMILES string of the molecule is COc1ccc2c(c1)-c1nn(CO)cc1Cc1c(-c3nc(C(F)(F)F)no3)ncn1-2. The van der Waals surface area contributed by atoms with Crippen molar-refractivity contribution in [2.45, 2.75) is 19.3 Å². The molecular weight excluding hydrogens is 405 g/mol. The Morgan fingerprint density at radius 2 is 2.10 bits per heavy atom. The number of benzene rings is 1. The van der Waals surface area contributed by atoms with Crippen LogP contribution in [0.25, 0.3) is 28.5 Å². The van der Waals surface area contributed by atoms with E-state index < -0.39 is 12.0 Å². The number of ether oxygens (including phenoxy) is 1. The molecule has 154 valence electrons. The van der Waals surface area contributed by atoms with Crippen LogP contribution in [0.3, 0.4) is 0 Å². The van der Waals surface area contributed by atoms with Crippen LogP contribution in [0.2, 0.25) is 0 Å². The lowest BCUT2D eigenvalue weighted by molar-refractivity contribution is -0.146. The summed E-state index contributed by atoms with van der Waals surface area (Å²) in [5.41, 5.74) is 3.48. The van der Waals surface area contributed by atoms with E-state index in [4.69, 9.17) is 9.26 Å². The molecule has 4 heterocycles. The molecule has 0 radical (unpaired) electrons. The van der Waals surface area contributed by atoms with Crippen molar-refractivity contribution >= 4 is 0 Å². The maximum atomic E-state index is 12.9. The number of nitrogens with zero attached hydrogens (tertiary/aromatic N) is 6. The molecule has 0 spiro atoms. The summed E-state index contributed by atoms with van der Waals surface area (Å²) in [5.74, 6) is -1.09. The van der Waals surface area contributed by atoms with E-state index in [1.54, 1.807) is 36.1 Å². The molecule has 1 aliphatic rings. The van der Waals surface area contributed by atoms with E-state index in [9.17, 15) is 18.3 Å². The number of imidazole rings is 1. The number of methoxy groups -OCH3 is 1. The van der Waals surface area contributed by atoms with Gasteiger partial charge in [0.05, 0.1) is 24.2 Å². The van der Waals surface area contributed by atoms with Gasteiger partial charge in [-0.3, -0.25) is 0 Å². The number of fused-ring (bicyclic) bond motifs is 5. The Balaban J connectivity index is 1.72. The van der Waals surface area contributed by atoms with Gasteiger partial charge >= 0.3 is 6.18 Å². The number of aliphatic hydroxyl groups is 1. The van der Waals surface area contributed by atoms with Gasteiger partial charge in [-0.25, -0.2) is 9.67 Å². The highest BCUT2D eigenvalue weighted by molar-refractivity contribution is 5.77. The minimum atomic E-state index is -4.73. The summed E-state index contributed by atoms with van der Waals surface area (Å²) in [6.07, 6.45) is -1.30. The van der Waals surface area contributed by atoms with Crippen molar-refractivity contribution in [2.75, 3.05) is 7.11 Å². The number of halogens is 3. The molecule has 0 unspecified atom stereocenters. The molecule has 9 nitrogen and oxygen atoms in total. The highest BCUT2D eigenvalue weighted by atomic mass is 19.4. The van der Waals surface area contributed by atoms with E-state index in [1.165, 1.54) is 11.0 Å². The minimum Gasteiger partial charge on any atom is -0.497 e. The first kappa shape index (κ1) is 18.4. The predicted molar refractivity (Wildman–Crippen MR) is 94.7 cm³/mol. The second kappa shape index (κ2) is 6.42. The molecule has 1 aromatic carbocycles. The maximum absolute atomic E-state index is 12.9. The quantitative estimate of drug-likeness (QED) is 0.480. The Kier molecular flexibility index (Phi) is 3.93. The molecule has 1 N–H and O–H groups in total. The topological polar surface area (TPSA) is 104 Å². The first-order valence-corrected chi connectivity index (χ1v) is 8.72. The summed E-state index contributed by atoms with van der Waals surface area (Å²) in [5, 5.41) is 16.9. The fourth-order valence-corrected chi connectivity index (χ4v) is 3.48. The third-order valence-electron chi connectivity index (χ3n) is 4.81. The number of alkyl halides is 3. The molecule has 0 aliphatic carbocycles. The Bertz CT molecular complexity index is 1260. The van der Waals surface area contributed by atoms with Gasteiger partial charge in [-0.15, -0.1) is 0 Å². The van der Waals surface area contributed by atoms with Crippen molar-refractivity contribution in [3.63, 3.8) is 0 Å². The van der Waals surface area contributed by atoms with Gasteiger partial charge in [0.1, 0.15) is 18.8 Å². The molecule has 0 saturated heterocycles. The normalized spacial score (nSPS) is 12.8. The second-order valence-electron chi connectivity index (χ2n) is 6.57. The third-order valence-corrected chi connectivity index (χ3v) is 4.81. The summed E-state index contributed by atoms with van der Waals surface area (Å²) in [4.78, 5) is 7.70. The zero-order valence-electron chi connectivity index (χ0n) is 15.4. The summed E-state index contributed by atoms with van der Waals surface area (Å²) >= 11 is 0. The van der Waals surface area contributed by atoms with Crippen LogP contribution in [0, 0.1) is 0 Å². The zero-order chi connectivity index (χ0) is 21.0. The van der Waals surface area contributed by atoms with E-state index in [0.29, 0.717) is 22.8 Å². The van der Waals surface area contributed by atoms with Gasteiger partial charge in [-0.05, 0) is 18.2 Å². The summed E-state index contributed by atoms with van der Waals surface area (Å²) < 4.78 is 52.0. The molecule has 4 aromatic rings. The first-order chi connectivity index (χ1) is 14.4. The van der Waals surface area contributed by atoms with Gasteiger partial charge < -0.3 is 18.9 Å². The van der Waals surface area contributed by atoms with Gasteiger partial charge in [0.15, 0.2) is 5.69 Å². The molecule has 0 bridgehead atoms. The minimum absolute atomic E-state index is 0.143.